The third kappa shape index (κ3) is 3.70. The normalized spacial score (nSPS) is 12.4. The van der Waals surface area contributed by atoms with Gasteiger partial charge in [0.1, 0.15) is 0 Å². The van der Waals surface area contributed by atoms with Crippen molar-refractivity contribution in [2.75, 3.05) is 17.6 Å². The van der Waals surface area contributed by atoms with Gasteiger partial charge in [0.15, 0.2) is 9.84 Å². The Morgan fingerprint density at radius 3 is 2.00 bits per heavy atom. The van der Waals surface area contributed by atoms with E-state index < -0.39 is 9.84 Å². The quantitative estimate of drug-likeness (QED) is 0.806. The standard InChI is InChI=1S/C14H24N2O2S/c1-4-14(5-2,11-15)16-12-7-9-13(10-8-12)19(17,18)6-3/h7-10,16H,4-6,11,15H2,1-3H3. The van der Waals surface area contributed by atoms with Crippen LogP contribution in [0.4, 0.5) is 5.69 Å². The first-order valence-corrected chi connectivity index (χ1v) is 8.39. The van der Waals surface area contributed by atoms with Crippen LogP contribution in [0.5, 0.6) is 0 Å². The van der Waals surface area contributed by atoms with Gasteiger partial charge in [0.05, 0.1) is 10.6 Å². The van der Waals surface area contributed by atoms with Crippen molar-refractivity contribution in [1.29, 1.82) is 0 Å². The van der Waals surface area contributed by atoms with Gasteiger partial charge < -0.3 is 11.1 Å². The molecule has 0 fully saturated rings. The van der Waals surface area contributed by atoms with Crippen molar-refractivity contribution in [3.05, 3.63) is 24.3 Å². The molecule has 0 aromatic heterocycles. The Balaban J connectivity index is 2.94. The molecule has 0 spiro atoms. The Bertz CT molecular complexity index is 482. The molecule has 0 unspecified atom stereocenters. The Hall–Kier alpha value is -1.07. The van der Waals surface area contributed by atoms with Gasteiger partial charge in [-0.15, -0.1) is 0 Å². The second-order valence-corrected chi connectivity index (χ2v) is 7.02. The molecule has 4 nitrogen and oxygen atoms in total. The van der Waals surface area contributed by atoms with Crippen molar-refractivity contribution >= 4 is 15.5 Å². The predicted octanol–water partition coefficient (Wildman–Crippen LogP) is 2.41. The highest BCUT2D eigenvalue weighted by atomic mass is 32.2. The van der Waals surface area contributed by atoms with E-state index in [0.717, 1.165) is 18.5 Å². The number of nitrogens with one attached hydrogen (secondary N) is 1. The Labute approximate surface area is 116 Å². The average molecular weight is 284 g/mol. The maximum Gasteiger partial charge on any atom is 0.178 e. The van der Waals surface area contributed by atoms with Crippen molar-refractivity contribution in [3.8, 4) is 0 Å². The molecule has 5 heteroatoms. The van der Waals surface area contributed by atoms with Crippen LogP contribution in [-0.4, -0.2) is 26.3 Å². The van der Waals surface area contributed by atoms with Crippen LogP contribution in [0, 0.1) is 0 Å². The molecular weight excluding hydrogens is 260 g/mol. The lowest BCUT2D eigenvalue weighted by molar-refractivity contribution is 0.445. The van der Waals surface area contributed by atoms with Gasteiger partial charge in [-0.25, -0.2) is 8.42 Å². The molecule has 3 N–H and O–H groups in total. The highest BCUT2D eigenvalue weighted by Crippen LogP contribution is 2.22. The van der Waals surface area contributed by atoms with Crippen LogP contribution in [0.3, 0.4) is 0 Å². The zero-order valence-electron chi connectivity index (χ0n) is 11.9. The fraction of sp³-hybridized carbons (Fsp3) is 0.571. The van der Waals surface area contributed by atoms with Gasteiger partial charge in [-0.1, -0.05) is 20.8 Å². The van der Waals surface area contributed by atoms with Crippen molar-refractivity contribution in [2.45, 2.75) is 44.0 Å². The monoisotopic (exact) mass is 284 g/mol. The number of sulfone groups is 1. The van der Waals surface area contributed by atoms with E-state index in [1.165, 1.54) is 0 Å². The second kappa shape index (κ2) is 6.39. The van der Waals surface area contributed by atoms with Gasteiger partial charge in [-0.3, -0.25) is 0 Å². The summed E-state index contributed by atoms with van der Waals surface area (Å²) in [6.07, 6.45) is 1.85. The first kappa shape index (κ1) is 16.0. The molecule has 0 heterocycles. The van der Waals surface area contributed by atoms with Crippen molar-refractivity contribution in [1.82, 2.24) is 0 Å². The minimum Gasteiger partial charge on any atom is -0.378 e. The molecule has 0 radical (unpaired) electrons. The molecule has 1 aromatic rings. The summed E-state index contributed by atoms with van der Waals surface area (Å²) in [7, 11) is -3.13. The molecule has 0 saturated heterocycles. The summed E-state index contributed by atoms with van der Waals surface area (Å²) in [6.45, 7) is 6.39. The summed E-state index contributed by atoms with van der Waals surface area (Å²) in [4.78, 5) is 0.367. The third-order valence-electron chi connectivity index (χ3n) is 3.75. The van der Waals surface area contributed by atoms with E-state index in [-0.39, 0.29) is 11.3 Å². The summed E-state index contributed by atoms with van der Waals surface area (Å²) in [5.74, 6) is 0.121. The van der Waals surface area contributed by atoms with E-state index in [9.17, 15) is 8.42 Å². The molecule has 0 atom stereocenters. The second-order valence-electron chi connectivity index (χ2n) is 4.74. The number of rotatable bonds is 7. The SMILES string of the molecule is CCC(CC)(CN)Nc1ccc(S(=O)(=O)CC)cc1. The van der Waals surface area contributed by atoms with E-state index in [1.807, 2.05) is 0 Å². The van der Waals surface area contributed by atoms with Crippen LogP contribution in [0.15, 0.2) is 29.2 Å². The van der Waals surface area contributed by atoms with Crippen LogP contribution in [0.2, 0.25) is 0 Å². The van der Waals surface area contributed by atoms with Crippen molar-refractivity contribution < 1.29 is 8.42 Å². The molecule has 0 aliphatic carbocycles. The third-order valence-corrected chi connectivity index (χ3v) is 5.50. The molecule has 1 rings (SSSR count). The molecule has 0 amide bonds. The zero-order valence-corrected chi connectivity index (χ0v) is 12.8. The van der Waals surface area contributed by atoms with Crippen LogP contribution in [0.1, 0.15) is 33.6 Å². The highest BCUT2D eigenvalue weighted by Gasteiger charge is 2.23. The topological polar surface area (TPSA) is 72.2 Å². The highest BCUT2D eigenvalue weighted by molar-refractivity contribution is 7.91. The Morgan fingerprint density at radius 1 is 1.11 bits per heavy atom. The van der Waals surface area contributed by atoms with Gasteiger partial charge in [-0.05, 0) is 37.1 Å². The molecule has 0 aliphatic rings. The van der Waals surface area contributed by atoms with Crippen LogP contribution in [0.25, 0.3) is 0 Å². The maximum atomic E-state index is 11.7. The lowest BCUT2D eigenvalue weighted by Crippen LogP contribution is -2.44. The first-order chi connectivity index (χ1) is 8.93. The Kier molecular flexibility index (Phi) is 5.38. The lowest BCUT2D eigenvalue weighted by Gasteiger charge is -2.32. The molecule has 0 aliphatic heterocycles. The molecule has 108 valence electrons. The zero-order chi connectivity index (χ0) is 14.5. The first-order valence-electron chi connectivity index (χ1n) is 6.74. The van der Waals surface area contributed by atoms with E-state index in [0.29, 0.717) is 11.4 Å². The maximum absolute atomic E-state index is 11.7. The molecule has 1 aromatic carbocycles. The van der Waals surface area contributed by atoms with E-state index in [4.69, 9.17) is 5.73 Å². The fourth-order valence-electron chi connectivity index (χ4n) is 1.98. The van der Waals surface area contributed by atoms with Gasteiger partial charge >= 0.3 is 0 Å². The largest absolute Gasteiger partial charge is 0.378 e. The molecule has 0 saturated carbocycles. The number of nitrogens with two attached hydrogens (primary N) is 1. The van der Waals surface area contributed by atoms with E-state index >= 15 is 0 Å². The average Bonchev–Trinajstić information content (AvgIpc) is 2.45. The van der Waals surface area contributed by atoms with Gasteiger partial charge in [0.25, 0.3) is 0 Å². The lowest BCUT2D eigenvalue weighted by atomic mass is 9.92. The summed E-state index contributed by atoms with van der Waals surface area (Å²) in [5.41, 5.74) is 6.63. The Morgan fingerprint density at radius 2 is 1.63 bits per heavy atom. The van der Waals surface area contributed by atoms with E-state index in [1.54, 1.807) is 31.2 Å². The van der Waals surface area contributed by atoms with Crippen LogP contribution >= 0.6 is 0 Å². The summed E-state index contributed by atoms with van der Waals surface area (Å²) >= 11 is 0. The van der Waals surface area contributed by atoms with Crippen LogP contribution in [-0.2, 0) is 9.84 Å². The molecular formula is C14H24N2O2S. The van der Waals surface area contributed by atoms with Crippen LogP contribution < -0.4 is 11.1 Å². The molecule has 0 bridgehead atoms. The predicted molar refractivity (Wildman–Crippen MR) is 80.2 cm³/mol. The summed E-state index contributed by atoms with van der Waals surface area (Å²) < 4.78 is 23.5. The summed E-state index contributed by atoms with van der Waals surface area (Å²) in [5, 5.41) is 3.42. The number of hydrogen-bond acceptors (Lipinski definition) is 4. The number of anilines is 1. The number of hydrogen-bond donors (Lipinski definition) is 2. The smallest absolute Gasteiger partial charge is 0.178 e. The van der Waals surface area contributed by atoms with Crippen molar-refractivity contribution in [3.63, 3.8) is 0 Å². The van der Waals surface area contributed by atoms with Gasteiger partial charge in [-0.2, -0.15) is 0 Å². The van der Waals surface area contributed by atoms with E-state index in [2.05, 4.69) is 19.2 Å². The number of benzene rings is 1. The van der Waals surface area contributed by atoms with Crippen molar-refractivity contribution in [2.24, 2.45) is 5.73 Å². The minimum atomic E-state index is -3.13. The van der Waals surface area contributed by atoms with Gasteiger partial charge in [0, 0.05) is 17.8 Å². The minimum absolute atomic E-state index is 0.120. The summed E-state index contributed by atoms with van der Waals surface area (Å²) in [6, 6.07) is 6.90. The molecule has 19 heavy (non-hydrogen) atoms. The van der Waals surface area contributed by atoms with Gasteiger partial charge in [0.2, 0.25) is 0 Å². The fourth-order valence-corrected chi connectivity index (χ4v) is 2.87.